The summed E-state index contributed by atoms with van der Waals surface area (Å²) in [6.45, 7) is 4.47. The van der Waals surface area contributed by atoms with Gasteiger partial charge in [0.05, 0.1) is 5.69 Å². The fraction of sp³-hybridized carbons (Fsp3) is 0.360. The molecular formula is C25H24F2N4O2. The Morgan fingerprint density at radius 1 is 1.15 bits per heavy atom. The average molecular weight is 450 g/mol. The Morgan fingerprint density at radius 2 is 1.91 bits per heavy atom. The van der Waals surface area contributed by atoms with Gasteiger partial charge in [0.2, 0.25) is 5.92 Å². The van der Waals surface area contributed by atoms with Crippen molar-refractivity contribution in [2.45, 2.75) is 52.0 Å². The smallest absolute Gasteiger partial charge is 0.248 e. The number of halogens is 2. The number of hydrogen-bond donors (Lipinski definition) is 0. The molecule has 33 heavy (non-hydrogen) atoms. The van der Waals surface area contributed by atoms with Crippen molar-refractivity contribution in [3.05, 3.63) is 59.1 Å². The van der Waals surface area contributed by atoms with Crippen LogP contribution in [-0.2, 0) is 6.54 Å². The van der Waals surface area contributed by atoms with Gasteiger partial charge in [-0.25, -0.2) is 13.8 Å². The Labute approximate surface area is 189 Å². The van der Waals surface area contributed by atoms with Gasteiger partial charge in [-0.15, -0.1) is 4.91 Å². The number of rotatable bonds is 5. The molecule has 6 nitrogen and oxygen atoms in total. The van der Waals surface area contributed by atoms with Crippen LogP contribution in [0.15, 0.2) is 52.4 Å². The first kappa shape index (κ1) is 21.4. The maximum atomic E-state index is 13.7. The van der Waals surface area contributed by atoms with Crippen LogP contribution in [0.2, 0.25) is 0 Å². The van der Waals surface area contributed by atoms with Crippen LogP contribution in [0, 0.1) is 24.7 Å². The Morgan fingerprint density at radius 3 is 2.55 bits per heavy atom. The van der Waals surface area contributed by atoms with E-state index in [0.717, 1.165) is 44.6 Å². The van der Waals surface area contributed by atoms with E-state index in [2.05, 4.69) is 38.2 Å². The molecule has 0 saturated heterocycles. The number of nitrogens with zero attached hydrogens (tertiary/aromatic N) is 4. The molecule has 3 aromatic heterocycles. The van der Waals surface area contributed by atoms with Crippen LogP contribution in [0.1, 0.15) is 37.1 Å². The van der Waals surface area contributed by atoms with E-state index >= 15 is 0 Å². The summed E-state index contributed by atoms with van der Waals surface area (Å²) in [5.41, 5.74) is 5.64. The second kappa shape index (κ2) is 8.17. The van der Waals surface area contributed by atoms with Crippen LogP contribution in [-0.4, -0.2) is 20.6 Å². The lowest BCUT2D eigenvalue weighted by Crippen LogP contribution is -2.26. The summed E-state index contributed by atoms with van der Waals surface area (Å²) in [5, 5.41) is 7.98. The van der Waals surface area contributed by atoms with Crippen molar-refractivity contribution < 1.29 is 13.3 Å². The van der Waals surface area contributed by atoms with E-state index < -0.39 is 5.92 Å². The van der Waals surface area contributed by atoms with E-state index in [1.807, 2.05) is 26.0 Å². The van der Waals surface area contributed by atoms with E-state index in [9.17, 15) is 13.7 Å². The number of pyridine rings is 1. The molecule has 1 aliphatic rings. The standard InChI is InChI=1S/C25H24F2N4O2/c1-15-24(16(2)33-30-15)18-3-5-20-21(19-4-6-23(29-32)28-12-19)14-31(22(20)11-18)13-17-7-9-25(26,27)10-8-17/h3-6,11-12,14,17H,7-10,13H2,1-2H3. The van der Waals surface area contributed by atoms with Gasteiger partial charge in [0.1, 0.15) is 5.76 Å². The molecule has 1 aliphatic carbocycles. The summed E-state index contributed by atoms with van der Waals surface area (Å²) in [6.07, 6.45) is 4.59. The summed E-state index contributed by atoms with van der Waals surface area (Å²) in [4.78, 5) is 14.9. The highest BCUT2D eigenvalue weighted by Gasteiger charge is 2.35. The minimum atomic E-state index is -2.54. The number of aryl methyl sites for hydroxylation is 2. The van der Waals surface area contributed by atoms with Crippen molar-refractivity contribution in [3.63, 3.8) is 0 Å². The maximum Gasteiger partial charge on any atom is 0.248 e. The maximum absolute atomic E-state index is 13.7. The number of aromatic nitrogens is 3. The van der Waals surface area contributed by atoms with Crippen LogP contribution < -0.4 is 0 Å². The van der Waals surface area contributed by atoms with E-state index in [1.54, 1.807) is 12.3 Å². The van der Waals surface area contributed by atoms with E-state index in [1.165, 1.54) is 0 Å². The predicted molar refractivity (Wildman–Crippen MR) is 123 cm³/mol. The molecule has 1 saturated carbocycles. The van der Waals surface area contributed by atoms with Gasteiger partial charge in [-0.1, -0.05) is 17.3 Å². The Bertz CT molecular complexity index is 1290. The molecule has 0 radical (unpaired) electrons. The second-order valence-electron chi connectivity index (χ2n) is 8.92. The van der Waals surface area contributed by atoms with Gasteiger partial charge < -0.3 is 9.09 Å². The molecule has 3 heterocycles. The van der Waals surface area contributed by atoms with Crippen molar-refractivity contribution in [2.24, 2.45) is 11.1 Å². The van der Waals surface area contributed by atoms with E-state index in [4.69, 9.17) is 4.52 Å². The molecule has 0 aliphatic heterocycles. The topological polar surface area (TPSA) is 73.3 Å². The molecule has 0 amide bonds. The molecule has 1 aromatic carbocycles. The van der Waals surface area contributed by atoms with Crippen molar-refractivity contribution in [2.75, 3.05) is 0 Å². The van der Waals surface area contributed by atoms with Crippen molar-refractivity contribution >= 4 is 16.7 Å². The fourth-order valence-electron chi connectivity index (χ4n) is 4.88. The first-order valence-corrected chi connectivity index (χ1v) is 11.1. The minimum Gasteiger partial charge on any atom is -0.361 e. The normalized spacial score (nSPS) is 16.4. The van der Waals surface area contributed by atoms with Crippen LogP contribution in [0.5, 0.6) is 0 Å². The highest BCUT2D eigenvalue weighted by Crippen LogP contribution is 2.39. The largest absolute Gasteiger partial charge is 0.361 e. The van der Waals surface area contributed by atoms with Crippen LogP contribution in [0.3, 0.4) is 0 Å². The lowest BCUT2D eigenvalue weighted by atomic mass is 9.87. The zero-order valence-corrected chi connectivity index (χ0v) is 18.5. The van der Waals surface area contributed by atoms with Crippen molar-refractivity contribution in [1.82, 2.24) is 14.7 Å². The summed E-state index contributed by atoms with van der Waals surface area (Å²) < 4.78 is 34.9. The molecule has 170 valence electrons. The Balaban J connectivity index is 1.59. The molecule has 0 bridgehead atoms. The number of benzene rings is 1. The van der Waals surface area contributed by atoms with Crippen LogP contribution >= 0.6 is 0 Å². The predicted octanol–water partition coefficient (Wildman–Crippen LogP) is 7.20. The van der Waals surface area contributed by atoms with Gasteiger partial charge in [-0.05, 0) is 61.5 Å². The fourth-order valence-corrected chi connectivity index (χ4v) is 4.88. The highest BCUT2D eigenvalue weighted by molar-refractivity contribution is 5.98. The van der Waals surface area contributed by atoms with Gasteiger partial charge in [0.15, 0.2) is 5.82 Å². The molecular weight excluding hydrogens is 426 g/mol. The number of alkyl halides is 2. The molecule has 4 aromatic rings. The minimum absolute atomic E-state index is 0.0574. The Kier molecular flexibility index (Phi) is 5.31. The zero-order chi connectivity index (χ0) is 23.2. The average Bonchev–Trinajstić information content (AvgIpc) is 3.34. The van der Waals surface area contributed by atoms with Gasteiger partial charge >= 0.3 is 0 Å². The van der Waals surface area contributed by atoms with E-state index in [0.29, 0.717) is 19.4 Å². The number of hydrogen-bond acceptors (Lipinski definition) is 5. The lowest BCUT2D eigenvalue weighted by Gasteiger charge is -2.28. The quantitative estimate of drug-likeness (QED) is 0.301. The molecule has 8 heteroatoms. The molecule has 1 fully saturated rings. The highest BCUT2D eigenvalue weighted by atomic mass is 19.3. The molecule has 0 spiro atoms. The summed E-state index contributed by atoms with van der Waals surface area (Å²) in [5.74, 6) is -1.47. The molecule has 0 N–H and O–H groups in total. The number of nitroso groups, excluding NO2 is 1. The molecule has 5 rings (SSSR count). The molecule has 0 atom stereocenters. The first-order valence-electron chi connectivity index (χ1n) is 11.1. The SMILES string of the molecule is Cc1noc(C)c1-c1ccc2c(-c3ccc(N=O)nc3)cn(CC3CCC(F)(F)CC3)c2c1. The van der Waals surface area contributed by atoms with Gasteiger partial charge in [-0.2, -0.15) is 0 Å². The summed E-state index contributed by atoms with van der Waals surface area (Å²) in [7, 11) is 0. The van der Waals surface area contributed by atoms with Crippen LogP contribution in [0.25, 0.3) is 33.2 Å². The summed E-state index contributed by atoms with van der Waals surface area (Å²) in [6, 6.07) is 9.62. The van der Waals surface area contributed by atoms with E-state index in [-0.39, 0.29) is 24.6 Å². The third-order valence-corrected chi connectivity index (χ3v) is 6.65. The lowest BCUT2D eigenvalue weighted by molar-refractivity contribution is -0.0472. The van der Waals surface area contributed by atoms with Crippen LogP contribution in [0.4, 0.5) is 14.6 Å². The monoisotopic (exact) mass is 450 g/mol. The van der Waals surface area contributed by atoms with Gasteiger partial charge in [0, 0.05) is 59.4 Å². The second-order valence-corrected chi connectivity index (χ2v) is 8.92. The van der Waals surface area contributed by atoms with Crippen molar-refractivity contribution in [3.8, 4) is 22.3 Å². The number of fused-ring (bicyclic) bond motifs is 1. The molecule has 0 unspecified atom stereocenters. The summed E-state index contributed by atoms with van der Waals surface area (Å²) >= 11 is 0. The third-order valence-electron chi connectivity index (χ3n) is 6.65. The third kappa shape index (κ3) is 4.05. The van der Waals surface area contributed by atoms with Gasteiger partial charge in [-0.3, -0.25) is 0 Å². The Hall–Kier alpha value is -3.42. The van der Waals surface area contributed by atoms with Crippen molar-refractivity contribution in [1.29, 1.82) is 0 Å². The zero-order valence-electron chi connectivity index (χ0n) is 18.5. The first-order chi connectivity index (χ1) is 15.8. The van der Waals surface area contributed by atoms with Gasteiger partial charge in [0.25, 0.3) is 0 Å².